The quantitative estimate of drug-likeness (QED) is 0.765. The third-order valence-corrected chi connectivity index (χ3v) is 4.05. The van der Waals surface area contributed by atoms with Crippen molar-refractivity contribution in [3.8, 4) is 11.5 Å². The van der Waals surface area contributed by atoms with Gasteiger partial charge in [-0.05, 0) is 36.4 Å². The molecule has 7 nitrogen and oxygen atoms in total. The molecular weight excluding hydrogens is 334 g/mol. The topological polar surface area (TPSA) is 72.9 Å². The SMILES string of the molecule is COc1ccc(OCCNc2ccc(C(=O)N3CCOCC3)cn2)cc1. The van der Waals surface area contributed by atoms with E-state index < -0.39 is 0 Å². The van der Waals surface area contributed by atoms with Crippen molar-refractivity contribution in [2.75, 3.05) is 51.9 Å². The molecule has 1 aliphatic heterocycles. The van der Waals surface area contributed by atoms with Crippen LogP contribution in [0.1, 0.15) is 10.4 Å². The van der Waals surface area contributed by atoms with E-state index in [-0.39, 0.29) is 5.91 Å². The summed E-state index contributed by atoms with van der Waals surface area (Å²) in [4.78, 5) is 18.4. The average Bonchev–Trinajstić information content (AvgIpc) is 2.72. The molecule has 0 atom stereocenters. The van der Waals surface area contributed by atoms with E-state index in [1.807, 2.05) is 24.3 Å². The zero-order valence-corrected chi connectivity index (χ0v) is 14.8. The molecule has 1 N–H and O–H groups in total. The van der Waals surface area contributed by atoms with Crippen LogP contribution in [0.4, 0.5) is 5.82 Å². The first-order chi connectivity index (χ1) is 12.8. The summed E-state index contributed by atoms with van der Waals surface area (Å²) in [5.41, 5.74) is 0.590. The molecule has 0 spiro atoms. The van der Waals surface area contributed by atoms with E-state index in [0.29, 0.717) is 50.8 Å². The van der Waals surface area contributed by atoms with Crippen LogP contribution < -0.4 is 14.8 Å². The van der Waals surface area contributed by atoms with Crippen molar-refractivity contribution in [2.24, 2.45) is 0 Å². The van der Waals surface area contributed by atoms with Crippen molar-refractivity contribution in [1.29, 1.82) is 0 Å². The van der Waals surface area contributed by atoms with Crippen molar-refractivity contribution in [3.63, 3.8) is 0 Å². The molecule has 7 heteroatoms. The Morgan fingerprint density at radius 1 is 1.15 bits per heavy atom. The third kappa shape index (κ3) is 4.86. The van der Waals surface area contributed by atoms with Crippen molar-refractivity contribution >= 4 is 11.7 Å². The molecule has 1 aliphatic rings. The zero-order valence-electron chi connectivity index (χ0n) is 14.8. The maximum absolute atomic E-state index is 12.4. The van der Waals surface area contributed by atoms with Crippen LogP contribution in [0.3, 0.4) is 0 Å². The minimum absolute atomic E-state index is 0.00445. The highest BCUT2D eigenvalue weighted by Crippen LogP contribution is 2.17. The Morgan fingerprint density at radius 3 is 2.54 bits per heavy atom. The van der Waals surface area contributed by atoms with Crippen molar-refractivity contribution < 1.29 is 19.0 Å². The number of morpholine rings is 1. The number of benzene rings is 1. The van der Waals surface area contributed by atoms with Crippen molar-refractivity contribution in [2.45, 2.75) is 0 Å². The summed E-state index contributed by atoms with van der Waals surface area (Å²) in [5.74, 6) is 2.29. The van der Waals surface area contributed by atoms with Gasteiger partial charge in [0, 0.05) is 19.3 Å². The fourth-order valence-corrected chi connectivity index (χ4v) is 2.59. The molecule has 0 bridgehead atoms. The molecule has 1 saturated heterocycles. The highest BCUT2D eigenvalue weighted by atomic mass is 16.5. The predicted molar refractivity (Wildman–Crippen MR) is 97.9 cm³/mol. The summed E-state index contributed by atoms with van der Waals surface area (Å²) < 4.78 is 16.0. The minimum Gasteiger partial charge on any atom is -0.497 e. The molecule has 26 heavy (non-hydrogen) atoms. The van der Waals surface area contributed by atoms with Gasteiger partial charge >= 0.3 is 0 Å². The lowest BCUT2D eigenvalue weighted by Gasteiger charge is -2.26. The largest absolute Gasteiger partial charge is 0.497 e. The van der Waals surface area contributed by atoms with E-state index in [0.717, 1.165) is 11.5 Å². The van der Waals surface area contributed by atoms with Crippen LogP contribution in [-0.2, 0) is 4.74 Å². The molecule has 2 aromatic rings. The summed E-state index contributed by atoms with van der Waals surface area (Å²) >= 11 is 0. The molecular formula is C19H23N3O4. The average molecular weight is 357 g/mol. The molecule has 1 fully saturated rings. The van der Waals surface area contributed by atoms with Gasteiger partial charge in [0.1, 0.15) is 23.9 Å². The van der Waals surface area contributed by atoms with E-state index in [1.165, 1.54) is 0 Å². The second-order valence-corrected chi connectivity index (χ2v) is 5.79. The molecule has 1 aromatic heterocycles. The Morgan fingerprint density at radius 2 is 1.88 bits per heavy atom. The van der Waals surface area contributed by atoms with E-state index in [1.54, 1.807) is 30.3 Å². The minimum atomic E-state index is -0.00445. The lowest BCUT2D eigenvalue weighted by molar-refractivity contribution is 0.0302. The van der Waals surface area contributed by atoms with Gasteiger partial charge in [-0.25, -0.2) is 4.98 Å². The maximum atomic E-state index is 12.4. The number of nitrogens with zero attached hydrogens (tertiary/aromatic N) is 2. The van der Waals surface area contributed by atoms with Crippen molar-refractivity contribution in [1.82, 2.24) is 9.88 Å². The first kappa shape index (κ1) is 18.0. The van der Waals surface area contributed by atoms with Gasteiger partial charge in [0.05, 0.1) is 32.4 Å². The van der Waals surface area contributed by atoms with E-state index in [4.69, 9.17) is 14.2 Å². The summed E-state index contributed by atoms with van der Waals surface area (Å²) in [6, 6.07) is 11.0. The zero-order chi connectivity index (χ0) is 18.2. The molecule has 0 saturated carbocycles. The summed E-state index contributed by atoms with van der Waals surface area (Å²) in [6.07, 6.45) is 1.60. The van der Waals surface area contributed by atoms with Gasteiger partial charge in [-0.3, -0.25) is 4.79 Å². The summed E-state index contributed by atoms with van der Waals surface area (Å²) in [7, 11) is 1.63. The number of amides is 1. The van der Waals surface area contributed by atoms with Crippen LogP contribution in [0, 0.1) is 0 Å². The van der Waals surface area contributed by atoms with Crippen LogP contribution in [0.2, 0.25) is 0 Å². The molecule has 0 unspecified atom stereocenters. The number of methoxy groups -OCH3 is 1. The molecule has 3 rings (SSSR count). The van der Waals surface area contributed by atoms with Gasteiger partial charge in [0.2, 0.25) is 0 Å². The first-order valence-corrected chi connectivity index (χ1v) is 8.60. The Kier molecular flexibility index (Phi) is 6.27. The Hall–Kier alpha value is -2.80. The number of pyridine rings is 1. The van der Waals surface area contributed by atoms with Crippen LogP contribution in [0.25, 0.3) is 0 Å². The molecule has 138 valence electrons. The van der Waals surface area contributed by atoms with E-state index >= 15 is 0 Å². The molecule has 0 aliphatic carbocycles. The van der Waals surface area contributed by atoms with Crippen molar-refractivity contribution in [3.05, 3.63) is 48.2 Å². The summed E-state index contributed by atoms with van der Waals surface area (Å²) in [6.45, 7) is 3.54. The number of ether oxygens (including phenoxy) is 3. The van der Waals surface area contributed by atoms with E-state index in [9.17, 15) is 4.79 Å². The second kappa shape index (κ2) is 9.05. The number of aromatic nitrogens is 1. The Labute approximate surface area is 152 Å². The first-order valence-electron chi connectivity index (χ1n) is 8.60. The fraction of sp³-hybridized carbons (Fsp3) is 0.368. The molecule has 2 heterocycles. The Bertz CT molecular complexity index is 698. The summed E-state index contributed by atoms with van der Waals surface area (Å²) in [5, 5.41) is 3.18. The normalized spacial score (nSPS) is 14.0. The molecule has 0 radical (unpaired) electrons. The number of nitrogens with one attached hydrogen (secondary N) is 1. The number of carbonyl (C=O) groups excluding carboxylic acids is 1. The maximum Gasteiger partial charge on any atom is 0.255 e. The second-order valence-electron chi connectivity index (χ2n) is 5.79. The Balaban J connectivity index is 1.43. The van der Waals surface area contributed by atoms with Gasteiger partial charge < -0.3 is 24.4 Å². The number of hydrogen-bond acceptors (Lipinski definition) is 6. The highest BCUT2D eigenvalue weighted by Gasteiger charge is 2.18. The molecule has 1 aromatic carbocycles. The van der Waals surface area contributed by atoms with Gasteiger partial charge in [0.15, 0.2) is 0 Å². The standard InChI is InChI=1S/C19H23N3O4/c1-24-16-3-5-17(6-4-16)26-11-8-20-18-7-2-15(14-21-18)19(23)22-9-12-25-13-10-22/h2-7,14H,8-13H2,1H3,(H,20,21). The lowest BCUT2D eigenvalue weighted by Crippen LogP contribution is -2.40. The number of carbonyl (C=O) groups is 1. The monoisotopic (exact) mass is 357 g/mol. The van der Waals surface area contributed by atoms with E-state index in [2.05, 4.69) is 10.3 Å². The lowest BCUT2D eigenvalue weighted by atomic mass is 10.2. The molecule has 1 amide bonds. The van der Waals surface area contributed by atoms with Crippen LogP contribution in [0.15, 0.2) is 42.6 Å². The third-order valence-electron chi connectivity index (χ3n) is 4.05. The van der Waals surface area contributed by atoms with Crippen LogP contribution >= 0.6 is 0 Å². The smallest absolute Gasteiger partial charge is 0.255 e. The van der Waals surface area contributed by atoms with Crippen LogP contribution in [-0.4, -0.2) is 62.4 Å². The van der Waals surface area contributed by atoms with Gasteiger partial charge in [-0.2, -0.15) is 0 Å². The predicted octanol–water partition coefficient (Wildman–Crippen LogP) is 2.05. The van der Waals surface area contributed by atoms with Crippen LogP contribution in [0.5, 0.6) is 11.5 Å². The number of hydrogen-bond donors (Lipinski definition) is 1. The number of anilines is 1. The van der Waals surface area contributed by atoms with Gasteiger partial charge in [-0.1, -0.05) is 0 Å². The number of rotatable bonds is 7. The van der Waals surface area contributed by atoms with Gasteiger partial charge in [-0.15, -0.1) is 0 Å². The fourth-order valence-electron chi connectivity index (χ4n) is 2.59. The highest BCUT2D eigenvalue weighted by molar-refractivity contribution is 5.94. The van der Waals surface area contributed by atoms with Gasteiger partial charge in [0.25, 0.3) is 5.91 Å².